The van der Waals surface area contributed by atoms with Gasteiger partial charge in [0.1, 0.15) is 17.5 Å². The molecule has 0 spiro atoms. The highest BCUT2D eigenvalue weighted by Crippen LogP contribution is 2.31. The van der Waals surface area contributed by atoms with Gasteiger partial charge in [-0.05, 0) is 31.2 Å². The quantitative estimate of drug-likeness (QED) is 0.798. The first kappa shape index (κ1) is 15.6. The minimum atomic E-state index is 0.208. The number of rotatable bonds is 4. The standard InChI is InChI=1S/C18H17N5O/c1-3-24-17-7-6-12(11-21-17)13-9-15(16-5-4-8-23(16)2)22-18(20)14(13)10-19/h4-9,11H,3H2,1-2H3,(H2,20,22). The van der Waals surface area contributed by atoms with Crippen molar-refractivity contribution in [1.29, 1.82) is 5.26 Å². The van der Waals surface area contributed by atoms with Crippen molar-refractivity contribution >= 4 is 5.82 Å². The van der Waals surface area contributed by atoms with E-state index in [0.29, 0.717) is 29.3 Å². The molecule has 0 aliphatic rings. The number of hydrogen-bond donors (Lipinski definition) is 1. The number of nitriles is 1. The molecule has 0 unspecified atom stereocenters. The summed E-state index contributed by atoms with van der Waals surface area (Å²) in [5, 5.41) is 9.46. The Morgan fingerprint density at radius 2 is 2.17 bits per heavy atom. The minimum absolute atomic E-state index is 0.208. The lowest BCUT2D eigenvalue weighted by Crippen LogP contribution is -2.02. The highest BCUT2D eigenvalue weighted by Gasteiger charge is 2.15. The second-order valence-corrected chi connectivity index (χ2v) is 5.25. The Balaban J connectivity index is 2.14. The van der Waals surface area contributed by atoms with E-state index in [1.165, 1.54) is 0 Å². The molecule has 0 aliphatic heterocycles. The molecule has 0 amide bonds. The number of nitrogens with zero attached hydrogens (tertiary/aromatic N) is 4. The van der Waals surface area contributed by atoms with E-state index in [4.69, 9.17) is 10.5 Å². The van der Waals surface area contributed by atoms with Crippen LogP contribution in [-0.4, -0.2) is 21.1 Å². The van der Waals surface area contributed by atoms with Crippen LogP contribution in [0.25, 0.3) is 22.5 Å². The van der Waals surface area contributed by atoms with Gasteiger partial charge in [-0.25, -0.2) is 9.97 Å². The van der Waals surface area contributed by atoms with Crippen LogP contribution in [0.4, 0.5) is 5.82 Å². The molecule has 6 nitrogen and oxygen atoms in total. The third kappa shape index (κ3) is 2.79. The first-order chi connectivity index (χ1) is 11.6. The van der Waals surface area contributed by atoms with Gasteiger partial charge in [-0.3, -0.25) is 0 Å². The molecule has 3 aromatic rings. The van der Waals surface area contributed by atoms with Crippen molar-refractivity contribution in [3.63, 3.8) is 0 Å². The predicted molar refractivity (Wildman–Crippen MR) is 92.2 cm³/mol. The zero-order chi connectivity index (χ0) is 17.1. The van der Waals surface area contributed by atoms with Crippen LogP contribution in [0.5, 0.6) is 5.88 Å². The van der Waals surface area contributed by atoms with Crippen molar-refractivity contribution in [3.8, 4) is 34.5 Å². The molecule has 3 heterocycles. The number of pyridine rings is 2. The van der Waals surface area contributed by atoms with Crippen LogP contribution in [0, 0.1) is 11.3 Å². The number of nitrogens with two attached hydrogens (primary N) is 1. The summed E-state index contributed by atoms with van der Waals surface area (Å²) in [6, 6.07) is 11.5. The summed E-state index contributed by atoms with van der Waals surface area (Å²) < 4.78 is 7.31. The van der Waals surface area contributed by atoms with Crippen LogP contribution < -0.4 is 10.5 Å². The maximum Gasteiger partial charge on any atom is 0.213 e. The van der Waals surface area contributed by atoms with E-state index in [-0.39, 0.29) is 5.82 Å². The van der Waals surface area contributed by atoms with Crippen molar-refractivity contribution in [2.45, 2.75) is 6.92 Å². The van der Waals surface area contributed by atoms with E-state index in [1.807, 2.05) is 49.0 Å². The third-order valence-corrected chi connectivity index (χ3v) is 3.70. The van der Waals surface area contributed by atoms with E-state index in [1.54, 1.807) is 12.3 Å². The Bertz CT molecular complexity index is 906. The van der Waals surface area contributed by atoms with E-state index in [0.717, 1.165) is 11.3 Å². The van der Waals surface area contributed by atoms with Gasteiger partial charge in [0.25, 0.3) is 0 Å². The fourth-order valence-electron chi connectivity index (χ4n) is 2.54. The van der Waals surface area contributed by atoms with Crippen LogP contribution in [-0.2, 0) is 7.05 Å². The van der Waals surface area contributed by atoms with E-state index < -0.39 is 0 Å². The average Bonchev–Trinajstić information content (AvgIpc) is 3.01. The maximum absolute atomic E-state index is 9.46. The SMILES string of the molecule is CCOc1ccc(-c2cc(-c3cccn3C)nc(N)c2C#N)cn1. The van der Waals surface area contributed by atoms with Crippen molar-refractivity contribution in [2.75, 3.05) is 12.3 Å². The lowest BCUT2D eigenvalue weighted by Gasteiger charge is -2.11. The fraction of sp³-hybridized carbons (Fsp3) is 0.167. The van der Waals surface area contributed by atoms with Gasteiger partial charge in [-0.15, -0.1) is 0 Å². The molecule has 120 valence electrons. The molecule has 0 fully saturated rings. The number of anilines is 1. The number of aryl methyl sites for hydroxylation is 1. The molecule has 0 radical (unpaired) electrons. The largest absolute Gasteiger partial charge is 0.478 e. The minimum Gasteiger partial charge on any atom is -0.478 e. The Morgan fingerprint density at radius 3 is 2.75 bits per heavy atom. The number of ether oxygens (including phenoxy) is 1. The van der Waals surface area contributed by atoms with Gasteiger partial charge < -0.3 is 15.0 Å². The molecule has 0 saturated heterocycles. The molecule has 24 heavy (non-hydrogen) atoms. The van der Waals surface area contributed by atoms with Gasteiger partial charge in [0.15, 0.2) is 0 Å². The van der Waals surface area contributed by atoms with Gasteiger partial charge in [-0.2, -0.15) is 5.26 Å². The van der Waals surface area contributed by atoms with E-state index in [2.05, 4.69) is 16.0 Å². The normalized spacial score (nSPS) is 10.4. The Labute approximate surface area is 140 Å². The molecular weight excluding hydrogens is 302 g/mol. The zero-order valence-corrected chi connectivity index (χ0v) is 13.5. The number of aromatic nitrogens is 3. The first-order valence-corrected chi connectivity index (χ1v) is 7.55. The summed E-state index contributed by atoms with van der Waals surface area (Å²) in [5.74, 6) is 0.754. The van der Waals surface area contributed by atoms with Crippen molar-refractivity contribution < 1.29 is 4.74 Å². The summed E-state index contributed by atoms with van der Waals surface area (Å²) in [6.07, 6.45) is 3.61. The van der Waals surface area contributed by atoms with Crippen LogP contribution in [0.1, 0.15) is 12.5 Å². The molecule has 0 aliphatic carbocycles. The second-order valence-electron chi connectivity index (χ2n) is 5.25. The van der Waals surface area contributed by atoms with E-state index >= 15 is 0 Å². The third-order valence-electron chi connectivity index (χ3n) is 3.70. The van der Waals surface area contributed by atoms with Crippen molar-refractivity contribution in [1.82, 2.24) is 14.5 Å². The van der Waals surface area contributed by atoms with Crippen LogP contribution >= 0.6 is 0 Å². The summed E-state index contributed by atoms with van der Waals surface area (Å²) >= 11 is 0. The van der Waals surface area contributed by atoms with Gasteiger partial charge in [-0.1, -0.05) is 0 Å². The first-order valence-electron chi connectivity index (χ1n) is 7.55. The summed E-state index contributed by atoms with van der Waals surface area (Å²) in [4.78, 5) is 8.63. The van der Waals surface area contributed by atoms with Crippen LogP contribution in [0.3, 0.4) is 0 Å². The fourth-order valence-corrected chi connectivity index (χ4v) is 2.54. The molecule has 0 saturated carbocycles. The van der Waals surface area contributed by atoms with E-state index in [9.17, 15) is 5.26 Å². The molecule has 3 rings (SSSR count). The summed E-state index contributed by atoms with van der Waals surface area (Å²) in [7, 11) is 1.93. The maximum atomic E-state index is 9.46. The Kier molecular flexibility index (Phi) is 4.17. The lowest BCUT2D eigenvalue weighted by molar-refractivity contribution is 0.327. The average molecular weight is 319 g/mol. The number of nitrogen functional groups attached to an aromatic ring is 1. The molecule has 0 aromatic carbocycles. The van der Waals surface area contributed by atoms with Crippen molar-refractivity contribution in [2.24, 2.45) is 7.05 Å². The second kappa shape index (κ2) is 6.42. The van der Waals surface area contributed by atoms with Crippen molar-refractivity contribution in [3.05, 3.63) is 48.3 Å². The smallest absolute Gasteiger partial charge is 0.213 e. The van der Waals surface area contributed by atoms with Crippen LogP contribution in [0.15, 0.2) is 42.7 Å². The molecule has 3 aromatic heterocycles. The molecular formula is C18H17N5O. The van der Waals surface area contributed by atoms with Gasteiger partial charge in [0.05, 0.1) is 18.0 Å². The molecule has 6 heteroatoms. The summed E-state index contributed by atoms with van der Waals surface area (Å²) in [5.41, 5.74) is 9.49. The Morgan fingerprint density at radius 1 is 1.33 bits per heavy atom. The topological polar surface area (TPSA) is 89.8 Å². The summed E-state index contributed by atoms with van der Waals surface area (Å²) in [6.45, 7) is 2.45. The lowest BCUT2D eigenvalue weighted by atomic mass is 10.0. The molecule has 0 atom stereocenters. The Hall–Kier alpha value is -3.33. The highest BCUT2D eigenvalue weighted by molar-refractivity contribution is 5.79. The van der Waals surface area contributed by atoms with Gasteiger partial charge in [0.2, 0.25) is 5.88 Å². The molecule has 2 N–H and O–H groups in total. The molecule has 0 bridgehead atoms. The van der Waals surface area contributed by atoms with Gasteiger partial charge >= 0.3 is 0 Å². The monoisotopic (exact) mass is 319 g/mol. The number of hydrogen-bond acceptors (Lipinski definition) is 5. The predicted octanol–water partition coefficient (Wildman–Crippen LogP) is 3.00. The highest BCUT2D eigenvalue weighted by atomic mass is 16.5. The van der Waals surface area contributed by atoms with Gasteiger partial charge in [0, 0.05) is 36.6 Å². The zero-order valence-electron chi connectivity index (χ0n) is 13.5. The van der Waals surface area contributed by atoms with Crippen LogP contribution in [0.2, 0.25) is 0 Å².